The van der Waals surface area contributed by atoms with Crippen molar-refractivity contribution in [3.8, 4) is 0 Å². The molecule has 0 aromatic carbocycles. The summed E-state index contributed by atoms with van der Waals surface area (Å²) in [7, 11) is 0. The van der Waals surface area contributed by atoms with Gasteiger partial charge in [0, 0.05) is 18.3 Å². The van der Waals surface area contributed by atoms with Crippen LogP contribution in [0.1, 0.15) is 77.6 Å². The van der Waals surface area contributed by atoms with Crippen molar-refractivity contribution in [1.29, 1.82) is 0 Å². The first-order valence-electron chi connectivity index (χ1n) is 9.07. The molecule has 1 rings (SSSR count). The van der Waals surface area contributed by atoms with Gasteiger partial charge in [0.05, 0.1) is 0 Å². The highest BCUT2D eigenvalue weighted by molar-refractivity contribution is 5.89. The molecule has 0 N–H and O–H groups in total. The molecule has 0 bridgehead atoms. The molecule has 1 aromatic heterocycles. The second-order valence-corrected chi connectivity index (χ2v) is 5.54. The molecule has 0 spiro atoms. The Kier molecular flexibility index (Phi) is 16.0. The molecule has 2 nitrogen and oxygen atoms in total. The van der Waals surface area contributed by atoms with Crippen LogP contribution >= 0.6 is 0 Å². The third-order valence-electron chi connectivity index (χ3n) is 3.51. The maximum atomic E-state index is 10.8. The lowest BCUT2D eigenvalue weighted by molar-refractivity contribution is -0.114. The molecule has 0 aliphatic rings. The Labute approximate surface area is 144 Å². The number of nitrogens with zero attached hydrogens (tertiary/aromatic N) is 1. The highest BCUT2D eigenvalue weighted by atomic mass is 16.1. The number of aryl methyl sites for hydroxylation is 3. The van der Waals surface area contributed by atoms with Crippen molar-refractivity contribution in [2.24, 2.45) is 5.92 Å². The number of ketones is 1. The first-order chi connectivity index (χ1) is 10.9. The normalized spacial score (nSPS) is 11.1. The number of carbonyl (C=O) groups excluding carboxylic acids is 1. The maximum absolute atomic E-state index is 10.8. The van der Waals surface area contributed by atoms with Crippen LogP contribution in [0.15, 0.2) is 24.4 Å². The number of pyridine rings is 1. The van der Waals surface area contributed by atoms with Gasteiger partial charge in [0.25, 0.3) is 0 Å². The molecular formula is C21H37NO. The molecule has 0 amide bonds. The number of hydrogen-bond donors (Lipinski definition) is 0. The zero-order chi connectivity index (χ0) is 18.3. The summed E-state index contributed by atoms with van der Waals surface area (Å²) in [5.41, 5.74) is 3.75. The van der Waals surface area contributed by atoms with E-state index >= 15 is 0 Å². The third-order valence-corrected chi connectivity index (χ3v) is 3.51. The Bertz CT molecular complexity index is 449. The topological polar surface area (TPSA) is 30.0 Å². The zero-order valence-corrected chi connectivity index (χ0v) is 16.6. The van der Waals surface area contributed by atoms with Crippen molar-refractivity contribution in [3.63, 3.8) is 0 Å². The Hall–Kier alpha value is -1.44. The Morgan fingerprint density at radius 1 is 1.22 bits per heavy atom. The highest BCUT2D eigenvalue weighted by Crippen LogP contribution is 2.06. The van der Waals surface area contributed by atoms with Crippen molar-refractivity contribution in [1.82, 2.24) is 4.98 Å². The average Bonchev–Trinajstić information content (AvgIpc) is 2.57. The predicted molar refractivity (Wildman–Crippen MR) is 103 cm³/mol. The Morgan fingerprint density at radius 3 is 2.26 bits per heavy atom. The summed E-state index contributed by atoms with van der Waals surface area (Å²) >= 11 is 0. The van der Waals surface area contributed by atoms with Crippen LogP contribution in [0.25, 0.3) is 0 Å². The first-order valence-corrected chi connectivity index (χ1v) is 9.07. The molecule has 0 saturated carbocycles. The van der Waals surface area contributed by atoms with Gasteiger partial charge < -0.3 is 0 Å². The summed E-state index contributed by atoms with van der Waals surface area (Å²) in [5, 5.41) is 0. The third kappa shape index (κ3) is 12.8. The maximum Gasteiger partial charge on any atom is 0.155 e. The minimum atomic E-state index is 0.230. The number of carbonyl (C=O) groups is 1. The van der Waals surface area contributed by atoms with Crippen molar-refractivity contribution in [2.45, 2.75) is 81.1 Å². The predicted octanol–water partition coefficient (Wildman–Crippen LogP) is 6.24. The molecule has 0 saturated heterocycles. The van der Waals surface area contributed by atoms with E-state index in [2.05, 4.69) is 38.7 Å². The van der Waals surface area contributed by atoms with E-state index in [1.54, 1.807) is 6.08 Å². The van der Waals surface area contributed by atoms with E-state index in [1.165, 1.54) is 24.0 Å². The van der Waals surface area contributed by atoms with Crippen LogP contribution < -0.4 is 0 Å². The standard InChI is InChI=1S/C10H18O.C9H13N.C2H6/c1-4-6-9(3)7-8-10(11)5-2;1-4-9-5-7(2)8(3)10-6-9;1-2/h7-9H,4-6H2,1-3H3;5-6H,4H2,1-3H3;1-2H3/b8-7-;;. The van der Waals surface area contributed by atoms with Gasteiger partial charge in [-0.1, -0.05) is 60.1 Å². The summed E-state index contributed by atoms with van der Waals surface area (Å²) < 4.78 is 0. The van der Waals surface area contributed by atoms with Crippen LogP contribution in [0.3, 0.4) is 0 Å². The minimum Gasteiger partial charge on any atom is -0.295 e. The van der Waals surface area contributed by atoms with E-state index in [0.29, 0.717) is 12.3 Å². The van der Waals surface area contributed by atoms with Crippen LogP contribution in [0.4, 0.5) is 0 Å². The SMILES string of the molecule is CC.CCCC(C)/C=C\C(=O)CC.CCc1cnc(C)c(C)c1. The molecule has 0 radical (unpaired) electrons. The average molecular weight is 320 g/mol. The second kappa shape index (κ2) is 15.5. The van der Waals surface area contributed by atoms with E-state index in [-0.39, 0.29) is 5.78 Å². The lowest BCUT2D eigenvalue weighted by Crippen LogP contribution is -1.92. The number of hydrogen-bond acceptors (Lipinski definition) is 2. The summed E-state index contributed by atoms with van der Waals surface area (Å²) in [4.78, 5) is 15.1. The molecule has 1 atom stereocenters. The van der Waals surface area contributed by atoms with Crippen molar-refractivity contribution >= 4 is 5.78 Å². The van der Waals surface area contributed by atoms with E-state index in [4.69, 9.17) is 0 Å². The van der Waals surface area contributed by atoms with Crippen LogP contribution in [-0.2, 0) is 11.2 Å². The molecule has 1 heterocycles. The number of rotatable bonds is 6. The molecular weight excluding hydrogens is 282 g/mol. The molecule has 0 fully saturated rings. The van der Waals surface area contributed by atoms with Crippen molar-refractivity contribution in [2.75, 3.05) is 0 Å². The van der Waals surface area contributed by atoms with Crippen molar-refractivity contribution < 1.29 is 4.79 Å². The number of aromatic nitrogens is 1. The van der Waals surface area contributed by atoms with Crippen LogP contribution in [0.5, 0.6) is 0 Å². The van der Waals surface area contributed by atoms with Gasteiger partial charge in [-0.2, -0.15) is 0 Å². The monoisotopic (exact) mass is 319 g/mol. The Balaban J connectivity index is 0. The van der Waals surface area contributed by atoms with E-state index in [1.807, 2.05) is 40.0 Å². The fraction of sp³-hybridized carbons (Fsp3) is 0.619. The minimum absolute atomic E-state index is 0.230. The van der Waals surface area contributed by atoms with Gasteiger partial charge in [0.2, 0.25) is 0 Å². The van der Waals surface area contributed by atoms with E-state index in [0.717, 1.165) is 12.1 Å². The molecule has 2 heteroatoms. The van der Waals surface area contributed by atoms with E-state index < -0.39 is 0 Å². The molecule has 1 unspecified atom stereocenters. The fourth-order valence-corrected chi connectivity index (χ4v) is 1.84. The van der Waals surface area contributed by atoms with Crippen LogP contribution in [-0.4, -0.2) is 10.8 Å². The summed E-state index contributed by atoms with van der Waals surface area (Å²) in [6.07, 6.45) is 9.72. The number of allylic oxidation sites excluding steroid dienone is 2. The summed E-state index contributed by atoms with van der Waals surface area (Å²) in [5.74, 6) is 0.781. The fourth-order valence-electron chi connectivity index (χ4n) is 1.84. The Morgan fingerprint density at radius 2 is 1.83 bits per heavy atom. The molecule has 0 aliphatic heterocycles. The summed E-state index contributed by atoms with van der Waals surface area (Å²) in [6, 6.07) is 2.20. The smallest absolute Gasteiger partial charge is 0.155 e. The van der Waals surface area contributed by atoms with Crippen LogP contribution in [0.2, 0.25) is 0 Å². The van der Waals surface area contributed by atoms with Gasteiger partial charge in [-0.25, -0.2) is 0 Å². The quantitative estimate of drug-likeness (QED) is 0.580. The lowest BCUT2D eigenvalue weighted by Gasteiger charge is -2.00. The van der Waals surface area contributed by atoms with Gasteiger partial charge in [0.1, 0.15) is 0 Å². The van der Waals surface area contributed by atoms with Crippen LogP contribution in [0, 0.1) is 19.8 Å². The molecule has 132 valence electrons. The van der Waals surface area contributed by atoms with Gasteiger partial charge in [0.15, 0.2) is 5.78 Å². The zero-order valence-electron chi connectivity index (χ0n) is 16.6. The highest BCUT2D eigenvalue weighted by Gasteiger charge is 1.95. The van der Waals surface area contributed by atoms with Gasteiger partial charge in [-0.05, 0) is 49.8 Å². The van der Waals surface area contributed by atoms with Gasteiger partial charge >= 0.3 is 0 Å². The van der Waals surface area contributed by atoms with E-state index in [9.17, 15) is 4.79 Å². The summed E-state index contributed by atoms with van der Waals surface area (Å²) in [6.45, 7) is 16.5. The van der Waals surface area contributed by atoms with Gasteiger partial charge in [-0.3, -0.25) is 9.78 Å². The lowest BCUT2D eigenvalue weighted by atomic mass is 10.1. The largest absolute Gasteiger partial charge is 0.295 e. The molecule has 1 aromatic rings. The first kappa shape index (κ1) is 23.8. The second-order valence-electron chi connectivity index (χ2n) is 5.54. The molecule has 0 aliphatic carbocycles. The van der Waals surface area contributed by atoms with Gasteiger partial charge in [-0.15, -0.1) is 0 Å². The van der Waals surface area contributed by atoms with Crippen molar-refractivity contribution in [3.05, 3.63) is 41.2 Å². The molecule has 23 heavy (non-hydrogen) atoms.